The molecule has 1 aliphatic rings. The number of hydrogen-bond acceptors (Lipinski definition) is 4. The van der Waals surface area contributed by atoms with Crippen LogP contribution in [0.1, 0.15) is 48.6 Å². The molecule has 4 heteroatoms. The smallest absolute Gasteiger partial charge is 0.178 e. The lowest BCUT2D eigenvalue weighted by Gasteiger charge is -2.15. The lowest BCUT2D eigenvalue weighted by Crippen LogP contribution is -2.07. The van der Waals surface area contributed by atoms with Crippen molar-refractivity contribution in [3.63, 3.8) is 0 Å². The summed E-state index contributed by atoms with van der Waals surface area (Å²) in [5, 5.41) is 0. The van der Waals surface area contributed by atoms with Crippen molar-refractivity contribution < 1.29 is 9.53 Å². The van der Waals surface area contributed by atoms with E-state index in [0.29, 0.717) is 11.5 Å². The first-order valence-electron chi connectivity index (χ1n) is 13.5. The van der Waals surface area contributed by atoms with Gasteiger partial charge < -0.3 is 4.74 Å². The Morgan fingerprint density at radius 3 is 2.17 bits per heavy atom. The molecule has 0 radical (unpaired) electrons. The molecule has 1 heterocycles. The van der Waals surface area contributed by atoms with E-state index in [4.69, 9.17) is 17.0 Å². The molecule has 3 aromatic rings. The summed E-state index contributed by atoms with van der Waals surface area (Å²) in [5.41, 5.74) is 6.80. The maximum atomic E-state index is 12.6. The highest BCUT2D eigenvalue weighted by molar-refractivity contribution is 8.27. The Morgan fingerprint density at radius 1 is 0.975 bits per heavy atom. The van der Waals surface area contributed by atoms with Crippen molar-refractivity contribution in [1.82, 2.24) is 0 Å². The van der Waals surface area contributed by atoms with Crippen LogP contribution >= 0.6 is 24.0 Å². The van der Waals surface area contributed by atoms with Gasteiger partial charge in [-0.3, -0.25) is 4.79 Å². The van der Waals surface area contributed by atoms with Gasteiger partial charge in [-0.1, -0.05) is 127 Å². The van der Waals surface area contributed by atoms with E-state index >= 15 is 0 Å². The molecule has 1 saturated heterocycles. The summed E-state index contributed by atoms with van der Waals surface area (Å²) in [4.78, 5) is 13.3. The molecular formula is C36H38O2S2. The van der Waals surface area contributed by atoms with Crippen LogP contribution in [0, 0.1) is 12.8 Å². The number of carbonyl (C=O) groups excluding carboxylic acids is 1. The highest BCUT2D eigenvalue weighted by atomic mass is 32.2. The van der Waals surface area contributed by atoms with Crippen LogP contribution < -0.4 is 4.74 Å². The van der Waals surface area contributed by atoms with Crippen molar-refractivity contribution in [2.75, 3.05) is 0 Å². The Hall–Kier alpha value is -3.47. The van der Waals surface area contributed by atoms with Crippen molar-refractivity contribution in [2.45, 2.75) is 47.1 Å². The van der Waals surface area contributed by atoms with Gasteiger partial charge >= 0.3 is 0 Å². The molecule has 0 N–H and O–H groups in total. The van der Waals surface area contributed by atoms with Gasteiger partial charge in [0.2, 0.25) is 0 Å². The summed E-state index contributed by atoms with van der Waals surface area (Å²) in [6, 6.07) is 25.0. The van der Waals surface area contributed by atoms with Crippen molar-refractivity contribution in [1.29, 1.82) is 0 Å². The zero-order valence-electron chi connectivity index (χ0n) is 23.9. The third-order valence-corrected chi connectivity index (χ3v) is 8.05. The Labute approximate surface area is 249 Å². The molecule has 0 spiro atoms. The standard InChI is InChI=1S/C28H26O2S2.C8H12/c1-19-15-23(14-13-21-9-5-3-6-10-21)16-25(30-18-22-11-7-4-8-12-22)24(19)17-26-27(29)20(2)28(31)32-26;1-4-5-6-7-8(2)3/h3-12,15-17,20H,13-14,18H2,1-2H3;4-7H,2H2,1,3H3/b26-17-;5-4-,7-6-. The quantitative estimate of drug-likeness (QED) is 0.146. The number of aryl methyl sites for hydroxylation is 3. The van der Waals surface area contributed by atoms with E-state index in [9.17, 15) is 4.79 Å². The Morgan fingerprint density at radius 2 is 1.60 bits per heavy atom. The molecule has 0 saturated carbocycles. The lowest BCUT2D eigenvalue weighted by atomic mass is 9.98. The van der Waals surface area contributed by atoms with Gasteiger partial charge in [-0.2, -0.15) is 0 Å². The zero-order chi connectivity index (χ0) is 28.9. The molecule has 3 aromatic carbocycles. The summed E-state index contributed by atoms with van der Waals surface area (Å²) >= 11 is 6.77. The average molecular weight is 567 g/mol. The SMILES string of the molecule is C=C(C)/C=C\C=C/C.Cc1cc(CCc2ccccc2)cc(OCc2ccccc2)c1/C=C1\SC(=S)C(C)C1=O. The number of thiocarbonyl (C=S) groups is 1. The number of thioether (sulfide) groups is 1. The minimum Gasteiger partial charge on any atom is -0.488 e. The molecule has 0 bridgehead atoms. The third-order valence-electron chi connectivity index (χ3n) is 6.35. The topological polar surface area (TPSA) is 26.3 Å². The van der Waals surface area contributed by atoms with Gasteiger partial charge in [-0.05, 0) is 74.9 Å². The molecule has 1 atom stereocenters. The molecule has 2 nitrogen and oxygen atoms in total. The van der Waals surface area contributed by atoms with Gasteiger partial charge in [0.15, 0.2) is 5.78 Å². The Kier molecular flexibility index (Phi) is 12.4. The van der Waals surface area contributed by atoms with Gasteiger partial charge in [0, 0.05) is 5.56 Å². The van der Waals surface area contributed by atoms with Crippen LogP contribution in [0.4, 0.5) is 0 Å². The van der Waals surface area contributed by atoms with Crippen molar-refractivity contribution in [3.8, 4) is 5.75 Å². The predicted octanol–water partition coefficient (Wildman–Crippen LogP) is 9.67. The summed E-state index contributed by atoms with van der Waals surface area (Å²) in [5.74, 6) is 0.699. The second kappa shape index (κ2) is 16.0. The first kappa shape index (κ1) is 31.1. The van der Waals surface area contributed by atoms with E-state index in [1.54, 1.807) is 0 Å². The normalized spacial score (nSPS) is 16.0. The van der Waals surface area contributed by atoms with E-state index in [0.717, 1.165) is 45.1 Å². The number of ether oxygens (including phenoxy) is 1. The number of carbonyl (C=O) groups is 1. The van der Waals surface area contributed by atoms with Crippen LogP contribution in [0.5, 0.6) is 5.75 Å². The highest BCUT2D eigenvalue weighted by Crippen LogP contribution is 2.38. The van der Waals surface area contributed by atoms with Crippen LogP contribution in [-0.2, 0) is 24.2 Å². The summed E-state index contributed by atoms with van der Waals surface area (Å²) in [6.45, 7) is 12.1. The van der Waals surface area contributed by atoms with Gasteiger partial charge in [0.25, 0.3) is 0 Å². The minimum atomic E-state index is -0.208. The molecule has 0 amide bonds. The van der Waals surface area contributed by atoms with Gasteiger partial charge in [0.1, 0.15) is 12.4 Å². The maximum Gasteiger partial charge on any atom is 0.178 e. The first-order valence-corrected chi connectivity index (χ1v) is 14.8. The van der Waals surface area contributed by atoms with Gasteiger partial charge in [-0.15, -0.1) is 0 Å². The summed E-state index contributed by atoms with van der Waals surface area (Å²) in [7, 11) is 0. The largest absolute Gasteiger partial charge is 0.488 e. The fraction of sp³-hybridized carbons (Fsp3) is 0.222. The van der Waals surface area contributed by atoms with Crippen LogP contribution in [0.2, 0.25) is 0 Å². The van der Waals surface area contributed by atoms with Crippen molar-refractivity contribution in [2.24, 2.45) is 5.92 Å². The van der Waals surface area contributed by atoms with Crippen molar-refractivity contribution >= 4 is 40.0 Å². The van der Waals surface area contributed by atoms with Gasteiger partial charge in [-0.25, -0.2) is 0 Å². The van der Waals surface area contributed by atoms with E-state index in [-0.39, 0.29) is 11.7 Å². The van der Waals surface area contributed by atoms with Crippen LogP contribution in [0.3, 0.4) is 0 Å². The number of hydrogen-bond donors (Lipinski definition) is 0. The number of ketones is 1. The molecular weight excluding hydrogens is 529 g/mol. The molecule has 1 unspecified atom stereocenters. The fourth-order valence-electron chi connectivity index (χ4n) is 4.09. The lowest BCUT2D eigenvalue weighted by molar-refractivity contribution is -0.115. The van der Waals surface area contributed by atoms with Gasteiger partial charge in [0.05, 0.1) is 15.0 Å². The zero-order valence-corrected chi connectivity index (χ0v) is 25.5. The Balaban J connectivity index is 0.000000482. The third kappa shape index (κ3) is 9.62. The maximum absolute atomic E-state index is 12.6. The second-order valence-electron chi connectivity index (χ2n) is 9.83. The highest BCUT2D eigenvalue weighted by Gasteiger charge is 2.31. The molecule has 1 aliphatic heterocycles. The fourth-order valence-corrected chi connectivity index (χ4v) is 5.42. The van der Waals surface area contributed by atoms with E-state index in [1.807, 2.05) is 75.4 Å². The second-order valence-corrected chi connectivity index (χ2v) is 11.6. The van der Waals surface area contributed by atoms with Crippen LogP contribution in [0.25, 0.3) is 6.08 Å². The minimum absolute atomic E-state index is 0.0987. The number of rotatable bonds is 9. The first-order chi connectivity index (χ1) is 19.3. The van der Waals surface area contributed by atoms with E-state index in [2.05, 4.69) is 62.0 Å². The average Bonchev–Trinajstić information content (AvgIpc) is 3.20. The summed E-state index contributed by atoms with van der Waals surface area (Å²) in [6.07, 6.45) is 11.8. The number of benzene rings is 3. The molecule has 4 rings (SSSR count). The monoisotopic (exact) mass is 566 g/mol. The van der Waals surface area contributed by atoms with E-state index in [1.165, 1.54) is 22.9 Å². The summed E-state index contributed by atoms with van der Waals surface area (Å²) < 4.78 is 7.04. The molecule has 0 aliphatic carbocycles. The van der Waals surface area contributed by atoms with E-state index < -0.39 is 0 Å². The molecule has 206 valence electrons. The van der Waals surface area contributed by atoms with Crippen LogP contribution in [0.15, 0.2) is 114 Å². The molecule has 0 aromatic heterocycles. The Bertz CT molecular complexity index is 1400. The van der Waals surface area contributed by atoms with Crippen LogP contribution in [-0.4, -0.2) is 9.98 Å². The van der Waals surface area contributed by atoms with Crippen molar-refractivity contribution in [3.05, 3.63) is 142 Å². The number of Topliss-reactive ketones (excluding diaryl/α,β-unsaturated/α-hetero) is 1. The molecule has 1 fully saturated rings. The molecule has 40 heavy (non-hydrogen) atoms. The number of allylic oxidation sites excluding steroid dienone is 6. The predicted molar refractivity (Wildman–Crippen MR) is 177 cm³/mol.